The minimum absolute atomic E-state index is 0.0172. The zero-order chi connectivity index (χ0) is 34.3. The molecule has 0 bridgehead atoms. The van der Waals surface area contributed by atoms with E-state index >= 15 is 0 Å². The molecule has 0 saturated carbocycles. The Bertz CT molecular complexity index is 1640. The van der Waals surface area contributed by atoms with Crippen LogP contribution in [0.3, 0.4) is 0 Å². The maximum Gasteiger partial charge on any atom is 0.389 e. The fraction of sp³-hybridized carbons (Fsp3) is 0.312. The SMILES string of the molecule is O=C1CN(CCCC(F)(F)F)C(=O)CN(Cc2cc(F)cc(Cl)c2)C(=O)[C@H](Cc2ccc(Cl)c(Cl)c2)NC(=O)c2ccccc2CN1. The van der Waals surface area contributed by atoms with Crippen LogP contribution in [-0.2, 0) is 33.9 Å². The average molecular weight is 716 g/mol. The van der Waals surface area contributed by atoms with Gasteiger partial charge in [-0.15, -0.1) is 0 Å². The van der Waals surface area contributed by atoms with Crippen molar-refractivity contribution in [3.05, 3.63) is 104 Å². The zero-order valence-corrected chi connectivity index (χ0v) is 26.9. The van der Waals surface area contributed by atoms with Crippen molar-refractivity contribution in [2.24, 2.45) is 0 Å². The summed E-state index contributed by atoms with van der Waals surface area (Å²) in [5.41, 5.74) is 1.24. The van der Waals surface area contributed by atoms with E-state index in [9.17, 15) is 36.7 Å². The summed E-state index contributed by atoms with van der Waals surface area (Å²) in [7, 11) is 0. The highest BCUT2D eigenvalue weighted by Crippen LogP contribution is 2.25. The van der Waals surface area contributed by atoms with Crippen molar-refractivity contribution in [2.75, 3.05) is 19.6 Å². The molecule has 0 saturated heterocycles. The topological polar surface area (TPSA) is 98.8 Å². The van der Waals surface area contributed by atoms with E-state index in [2.05, 4.69) is 10.6 Å². The van der Waals surface area contributed by atoms with Gasteiger partial charge in [0.2, 0.25) is 17.7 Å². The van der Waals surface area contributed by atoms with Crippen molar-refractivity contribution in [1.29, 1.82) is 0 Å². The summed E-state index contributed by atoms with van der Waals surface area (Å²) >= 11 is 18.3. The average Bonchev–Trinajstić information content (AvgIpc) is 2.99. The summed E-state index contributed by atoms with van der Waals surface area (Å²) in [6.07, 6.45) is -6.29. The van der Waals surface area contributed by atoms with Crippen LogP contribution >= 0.6 is 34.8 Å². The zero-order valence-electron chi connectivity index (χ0n) is 24.7. The summed E-state index contributed by atoms with van der Waals surface area (Å²) in [5, 5.41) is 5.79. The molecule has 3 aromatic carbocycles. The number of halogens is 7. The van der Waals surface area contributed by atoms with Gasteiger partial charge in [0.25, 0.3) is 5.91 Å². The van der Waals surface area contributed by atoms with E-state index in [0.29, 0.717) is 11.1 Å². The van der Waals surface area contributed by atoms with Crippen LogP contribution in [0.2, 0.25) is 15.1 Å². The maximum atomic E-state index is 14.3. The van der Waals surface area contributed by atoms with Gasteiger partial charge in [-0.05, 0) is 59.5 Å². The molecule has 15 heteroatoms. The third kappa shape index (κ3) is 10.6. The first-order valence-corrected chi connectivity index (χ1v) is 15.5. The van der Waals surface area contributed by atoms with Gasteiger partial charge in [0.15, 0.2) is 0 Å². The standard InChI is InChI=1S/C32H29Cl3F4N4O4/c33-22-10-20(11-23(36)14-22)16-43-18-29(45)42(9-3-8-32(37,38)39)17-28(44)40-15-21-4-1-2-5-24(21)30(46)41-27(31(43)47)13-19-6-7-25(34)26(35)12-19/h1-2,4-7,10-12,14,27H,3,8-9,13,15-18H2,(H,40,44)(H,41,46)/t27-/m0/s1. The van der Waals surface area contributed by atoms with E-state index in [1.54, 1.807) is 24.3 Å². The van der Waals surface area contributed by atoms with Gasteiger partial charge >= 0.3 is 6.18 Å². The van der Waals surface area contributed by atoms with E-state index in [4.69, 9.17) is 34.8 Å². The summed E-state index contributed by atoms with van der Waals surface area (Å²) in [6.45, 7) is -2.25. The Hall–Kier alpha value is -3.87. The van der Waals surface area contributed by atoms with Gasteiger partial charge in [0.1, 0.15) is 18.4 Å². The van der Waals surface area contributed by atoms with Gasteiger partial charge in [-0.3, -0.25) is 19.2 Å². The third-order valence-corrected chi connectivity index (χ3v) is 8.23. The fourth-order valence-electron chi connectivity index (χ4n) is 5.04. The molecule has 4 amide bonds. The predicted octanol–water partition coefficient (Wildman–Crippen LogP) is 5.96. The number of carbonyl (C=O) groups is 4. The van der Waals surface area contributed by atoms with E-state index in [1.165, 1.54) is 24.3 Å². The molecule has 1 heterocycles. The summed E-state index contributed by atoms with van der Waals surface area (Å²) in [5.74, 6) is -3.66. The molecule has 2 N–H and O–H groups in total. The van der Waals surface area contributed by atoms with Gasteiger partial charge in [-0.1, -0.05) is 59.1 Å². The number of rotatable bonds is 7. The van der Waals surface area contributed by atoms with Crippen LogP contribution in [0.4, 0.5) is 17.6 Å². The second-order valence-electron chi connectivity index (χ2n) is 10.9. The van der Waals surface area contributed by atoms with Gasteiger partial charge in [0, 0.05) is 43.1 Å². The van der Waals surface area contributed by atoms with Crippen LogP contribution < -0.4 is 10.6 Å². The highest BCUT2D eigenvalue weighted by atomic mass is 35.5. The first-order valence-electron chi connectivity index (χ1n) is 14.4. The summed E-state index contributed by atoms with van der Waals surface area (Å²) in [6, 6.07) is 13.2. The highest BCUT2D eigenvalue weighted by Gasteiger charge is 2.32. The lowest BCUT2D eigenvalue weighted by atomic mass is 10.0. The monoisotopic (exact) mass is 714 g/mol. The molecule has 8 nitrogen and oxygen atoms in total. The van der Waals surface area contributed by atoms with Gasteiger partial charge in [0.05, 0.1) is 16.6 Å². The molecule has 1 aliphatic heterocycles. The molecular weight excluding hydrogens is 687 g/mol. The lowest BCUT2D eigenvalue weighted by Crippen LogP contribution is -2.53. The molecule has 250 valence electrons. The van der Waals surface area contributed by atoms with Crippen LogP contribution in [0.25, 0.3) is 0 Å². The molecule has 4 rings (SSSR count). The second-order valence-corrected chi connectivity index (χ2v) is 12.2. The van der Waals surface area contributed by atoms with Crippen LogP contribution in [0.1, 0.15) is 39.9 Å². The number of amides is 4. The molecule has 3 aromatic rings. The molecule has 0 fully saturated rings. The third-order valence-electron chi connectivity index (χ3n) is 7.27. The number of hydrogen-bond acceptors (Lipinski definition) is 4. The van der Waals surface area contributed by atoms with Crippen molar-refractivity contribution in [1.82, 2.24) is 20.4 Å². The summed E-state index contributed by atoms with van der Waals surface area (Å²) < 4.78 is 53.2. The molecule has 1 aliphatic rings. The number of nitrogens with one attached hydrogen (secondary N) is 2. The van der Waals surface area contributed by atoms with Gasteiger partial charge < -0.3 is 20.4 Å². The Labute approximate surface area is 282 Å². The molecular formula is C32H29Cl3F4N4O4. The Balaban J connectivity index is 1.77. The predicted molar refractivity (Wildman–Crippen MR) is 168 cm³/mol. The molecule has 47 heavy (non-hydrogen) atoms. The van der Waals surface area contributed by atoms with Crippen molar-refractivity contribution in [2.45, 2.75) is 44.6 Å². The lowest BCUT2D eigenvalue weighted by molar-refractivity contribution is -0.145. The Morgan fingerprint density at radius 1 is 0.851 bits per heavy atom. The summed E-state index contributed by atoms with van der Waals surface area (Å²) in [4.78, 5) is 56.4. The van der Waals surface area contributed by atoms with E-state index < -0.39 is 74.1 Å². The van der Waals surface area contributed by atoms with Crippen LogP contribution in [0, 0.1) is 5.82 Å². The van der Waals surface area contributed by atoms with E-state index in [1.807, 2.05) is 0 Å². The number of nitrogens with zero attached hydrogens (tertiary/aromatic N) is 2. The quantitative estimate of drug-likeness (QED) is 0.295. The van der Waals surface area contributed by atoms with Crippen molar-refractivity contribution in [3.63, 3.8) is 0 Å². The Morgan fingerprint density at radius 2 is 1.60 bits per heavy atom. The van der Waals surface area contributed by atoms with Crippen molar-refractivity contribution < 1.29 is 36.7 Å². The normalized spacial score (nSPS) is 16.8. The van der Waals surface area contributed by atoms with Crippen LogP contribution in [0.5, 0.6) is 0 Å². The van der Waals surface area contributed by atoms with E-state index in [0.717, 1.165) is 21.9 Å². The van der Waals surface area contributed by atoms with Crippen LogP contribution in [0.15, 0.2) is 60.7 Å². The Morgan fingerprint density at radius 3 is 2.30 bits per heavy atom. The molecule has 0 radical (unpaired) electrons. The van der Waals surface area contributed by atoms with Gasteiger partial charge in [-0.2, -0.15) is 13.2 Å². The first-order chi connectivity index (χ1) is 22.2. The smallest absolute Gasteiger partial charge is 0.350 e. The molecule has 0 aliphatic carbocycles. The fourth-order valence-corrected chi connectivity index (χ4v) is 5.60. The number of fused-ring (bicyclic) bond motifs is 1. The number of benzene rings is 3. The molecule has 1 atom stereocenters. The minimum Gasteiger partial charge on any atom is -0.350 e. The second kappa shape index (κ2) is 15.8. The number of hydrogen-bond donors (Lipinski definition) is 2. The largest absolute Gasteiger partial charge is 0.389 e. The highest BCUT2D eigenvalue weighted by molar-refractivity contribution is 6.42. The number of alkyl halides is 3. The molecule has 0 unspecified atom stereocenters. The van der Waals surface area contributed by atoms with Crippen LogP contribution in [-0.4, -0.2) is 65.3 Å². The Kier molecular flexibility index (Phi) is 12.1. The number of carbonyl (C=O) groups excluding carboxylic acids is 4. The van der Waals surface area contributed by atoms with Gasteiger partial charge in [-0.25, -0.2) is 4.39 Å². The molecule has 0 aromatic heterocycles. The van der Waals surface area contributed by atoms with Crippen molar-refractivity contribution in [3.8, 4) is 0 Å². The first kappa shape index (κ1) is 36.0. The lowest BCUT2D eigenvalue weighted by Gasteiger charge is -2.31. The maximum absolute atomic E-state index is 14.3. The minimum atomic E-state index is -4.49. The van der Waals surface area contributed by atoms with E-state index in [-0.39, 0.29) is 45.7 Å². The van der Waals surface area contributed by atoms with Crippen molar-refractivity contribution >= 4 is 58.4 Å². The molecule has 0 spiro atoms.